The van der Waals surface area contributed by atoms with Crippen molar-refractivity contribution < 1.29 is 4.42 Å². The second-order valence-corrected chi connectivity index (χ2v) is 10.3. The van der Waals surface area contributed by atoms with Crippen LogP contribution in [0.15, 0.2) is 132 Å². The maximum absolute atomic E-state index is 6.59. The SMILES string of the molecule is c1ccc(-c2nc(-c3ccccc3)nc(-n3c4ccc5cccnc5c4c4ccc5c6ccccc6oc5c43)n2)cc1. The molecule has 6 heteroatoms. The molecule has 196 valence electrons. The van der Waals surface area contributed by atoms with E-state index in [-0.39, 0.29) is 0 Å². The zero-order chi connectivity index (χ0) is 27.6. The Morgan fingerprint density at radius 3 is 2.00 bits per heavy atom. The number of hydrogen-bond donors (Lipinski definition) is 0. The zero-order valence-corrected chi connectivity index (χ0v) is 22.3. The van der Waals surface area contributed by atoms with E-state index in [4.69, 9.17) is 24.4 Å². The van der Waals surface area contributed by atoms with E-state index in [0.717, 1.165) is 65.8 Å². The number of fused-ring (bicyclic) bond motifs is 9. The van der Waals surface area contributed by atoms with E-state index in [0.29, 0.717) is 17.6 Å². The monoisotopic (exact) mass is 539 g/mol. The first-order valence-corrected chi connectivity index (χ1v) is 13.8. The fourth-order valence-corrected chi connectivity index (χ4v) is 6.01. The van der Waals surface area contributed by atoms with Crippen LogP contribution in [0, 0.1) is 0 Å². The van der Waals surface area contributed by atoms with Gasteiger partial charge in [0.25, 0.3) is 0 Å². The van der Waals surface area contributed by atoms with E-state index in [2.05, 4.69) is 41.0 Å². The van der Waals surface area contributed by atoms with E-state index >= 15 is 0 Å². The standard InChI is InChI=1S/C36H21N5O/c1-3-10-23(11-4-1)34-38-35(24-12-5-2-6-13-24)40-36(39-34)41-28-20-17-22-14-9-21-37-31(22)30(28)27-19-18-26-25-15-7-8-16-29(25)42-33(26)32(27)41/h1-21H. The summed E-state index contributed by atoms with van der Waals surface area (Å²) in [6, 6.07) is 40.8. The summed E-state index contributed by atoms with van der Waals surface area (Å²) in [6.45, 7) is 0. The smallest absolute Gasteiger partial charge is 0.238 e. The predicted molar refractivity (Wildman–Crippen MR) is 168 cm³/mol. The Morgan fingerprint density at radius 2 is 1.24 bits per heavy atom. The van der Waals surface area contributed by atoms with Crippen LogP contribution in [0.2, 0.25) is 0 Å². The van der Waals surface area contributed by atoms with Crippen LogP contribution in [0.1, 0.15) is 0 Å². The summed E-state index contributed by atoms with van der Waals surface area (Å²) >= 11 is 0. The van der Waals surface area contributed by atoms with E-state index in [1.165, 1.54) is 0 Å². The third kappa shape index (κ3) is 3.32. The highest BCUT2D eigenvalue weighted by Gasteiger charge is 2.23. The van der Waals surface area contributed by atoms with Gasteiger partial charge in [-0.15, -0.1) is 0 Å². The second-order valence-electron chi connectivity index (χ2n) is 10.3. The quantitative estimate of drug-likeness (QED) is 0.224. The molecule has 0 aliphatic rings. The van der Waals surface area contributed by atoms with Crippen LogP contribution in [0.5, 0.6) is 0 Å². The van der Waals surface area contributed by atoms with Crippen LogP contribution in [0.4, 0.5) is 0 Å². The van der Waals surface area contributed by atoms with E-state index in [1.54, 1.807) is 0 Å². The maximum atomic E-state index is 6.59. The van der Waals surface area contributed by atoms with Crippen molar-refractivity contribution in [3.63, 3.8) is 0 Å². The van der Waals surface area contributed by atoms with Gasteiger partial charge in [-0.25, -0.2) is 4.98 Å². The van der Waals surface area contributed by atoms with Crippen LogP contribution in [0.3, 0.4) is 0 Å². The Kier molecular flexibility index (Phi) is 4.80. The van der Waals surface area contributed by atoms with Crippen LogP contribution in [0.25, 0.3) is 83.4 Å². The Morgan fingerprint density at radius 1 is 0.548 bits per heavy atom. The molecule has 4 heterocycles. The predicted octanol–water partition coefficient (Wildman–Crippen LogP) is 8.75. The third-order valence-electron chi connectivity index (χ3n) is 7.89. The number of hydrogen-bond acceptors (Lipinski definition) is 5. The van der Waals surface area contributed by atoms with Crippen molar-refractivity contribution in [2.24, 2.45) is 0 Å². The molecule has 4 aromatic heterocycles. The molecule has 42 heavy (non-hydrogen) atoms. The highest BCUT2D eigenvalue weighted by molar-refractivity contribution is 6.26. The minimum absolute atomic E-state index is 0.519. The number of pyridine rings is 1. The van der Waals surface area contributed by atoms with Gasteiger partial charge in [-0.1, -0.05) is 97.1 Å². The van der Waals surface area contributed by atoms with Crippen LogP contribution in [-0.4, -0.2) is 24.5 Å². The molecule has 0 saturated carbocycles. The molecule has 6 nitrogen and oxygen atoms in total. The Labute approximate surface area is 239 Å². The lowest BCUT2D eigenvalue weighted by Crippen LogP contribution is -2.06. The summed E-state index contributed by atoms with van der Waals surface area (Å²) in [5, 5.41) is 5.25. The van der Waals surface area contributed by atoms with Crippen molar-refractivity contribution in [1.82, 2.24) is 24.5 Å². The van der Waals surface area contributed by atoms with Gasteiger partial charge >= 0.3 is 0 Å². The van der Waals surface area contributed by atoms with Gasteiger partial charge in [-0.3, -0.25) is 9.55 Å². The van der Waals surface area contributed by atoms with Gasteiger partial charge in [-0.2, -0.15) is 9.97 Å². The molecule has 0 amide bonds. The largest absolute Gasteiger partial charge is 0.454 e. The van der Waals surface area contributed by atoms with E-state index < -0.39 is 0 Å². The number of furan rings is 1. The van der Waals surface area contributed by atoms with Gasteiger partial charge in [0.2, 0.25) is 5.95 Å². The molecule has 0 atom stereocenters. The van der Waals surface area contributed by atoms with Crippen molar-refractivity contribution in [2.45, 2.75) is 0 Å². The zero-order valence-electron chi connectivity index (χ0n) is 22.3. The average molecular weight is 540 g/mol. The summed E-state index contributed by atoms with van der Waals surface area (Å²) < 4.78 is 8.70. The number of benzene rings is 5. The Hall–Kier alpha value is -5.88. The van der Waals surface area contributed by atoms with Crippen molar-refractivity contribution in [3.05, 3.63) is 128 Å². The van der Waals surface area contributed by atoms with Gasteiger partial charge in [0.1, 0.15) is 11.1 Å². The summed E-state index contributed by atoms with van der Waals surface area (Å²) in [5.41, 5.74) is 6.24. The average Bonchev–Trinajstić information content (AvgIpc) is 3.61. The number of nitrogens with zero attached hydrogens (tertiary/aromatic N) is 5. The summed E-state index contributed by atoms with van der Waals surface area (Å²) in [5.74, 6) is 1.72. The molecule has 0 N–H and O–H groups in total. The molecule has 9 aromatic rings. The topological polar surface area (TPSA) is 69.6 Å². The molecule has 5 aromatic carbocycles. The molecule has 0 unspecified atom stereocenters. The Bertz CT molecular complexity index is 2400. The second kappa shape index (κ2) is 8.81. The number of rotatable bonds is 3. The molecule has 0 bridgehead atoms. The summed E-state index contributed by atoms with van der Waals surface area (Å²) in [4.78, 5) is 19.9. The normalized spacial score (nSPS) is 11.8. The van der Waals surface area contributed by atoms with Crippen molar-refractivity contribution in [2.75, 3.05) is 0 Å². The van der Waals surface area contributed by atoms with Gasteiger partial charge in [0.05, 0.1) is 11.0 Å². The lowest BCUT2D eigenvalue weighted by Gasteiger charge is -2.11. The fourth-order valence-electron chi connectivity index (χ4n) is 6.01. The minimum atomic E-state index is 0.519. The molecule has 0 spiro atoms. The molecule has 0 radical (unpaired) electrons. The molecular weight excluding hydrogens is 518 g/mol. The van der Waals surface area contributed by atoms with E-state index in [1.807, 2.05) is 91.1 Å². The van der Waals surface area contributed by atoms with Gasteiger partial charge < -0.3 is 4.42 Å². The lowest BCUT2D eigenvalue weighted by molar-refractivity contribution is 0.670. The first-order chi connectivity index (χ1) is 20.8. The summed E-state index contributed by atoms with van der Waals surface area (Å²) in [6.07, 6.45) is 1.84. The maximum Gasteiger partial charge on any atom is 0.238 e. The highest BCUT2D eigenvalue weighted by atomic mass is 16.3. The molecule has 9 rings (SSSR count). The summed E-state index contributed by atoms with van der Waals surface area (Å²) in [7, 11) is 0. The van der Waals surface area contributed by atoms with Crippen LogP contribution >= 0.6 is 0 Å². The minimum Gasteiger partial charge on any atom is -0.454 e. The van der Waals surface area contributed by atoms with Crippen molar-refractivity contribution in [1.29, 1.82) is 0 Å². The van der Waals surface area contributed by atoms with E-state index in [9.17, 15) is 0 Å². The van der Waals surface area contributed by atoms with Crippen LogP contribution < -0.4 is 0 Å². The highest BCUT2D eigenvalue weighted by Crippen LogP contribution is 2.41. The van der Waals surface area contributed by atoms with Gasteiger partial charge in [0.15, 0.2) is 17.2 Å². The molecule has 0 saturated heterocycles. The lowest BCUT2D eigenvalue weighted by atomic mass is 10.1. The number of aromatic nitrogens is 5. The first kappa shape index (κ1) is 22.9. The number of para-hydroxylation sites is 1. The first-order valence-electron chi connectivity index (χ1n) is 13.8. The van der Waals surface area contributed by atoms with Gasteiger partial charge in [0, 0.05) is 44.3 Å². The molecule has 0 aliphatic heterocycles. The fraction of sp³-hybridized carbons (Fsp3) is 0. The van der Waals surface area contributed by atoms with Crippen molar-refractivity contribution in [3.8, 4) is 28.7 Å². The van der Waals surface area contributed by atoms with Crippen molar-refractivity contribution >= 4 is 54.6 Å². The van der Waals surface area contributed by atoms with Gasteiger partial charge in [-0.05, 0) is 24.3 Å². The molecule has 0 aliphatic carbocycles. The molecule has 0 fully saturated rings. The Balaban J connectivity index is 1.48. The third-order valence-corrected chi connectivity index (χ3v) is 7.89. The molecular formula is C36H21N5O. The van der Waals surface area contributed by atoms with Crippen LogP contribution in [-0.2, 0) is 0 Å².